The number of halogens is 1. The van der Waals surface area contributed by atoms with E-state index in [4.69, 9.17) is 16.3 Å². The minimum atomic E-state index is -0.444. The Labute approximate surface area is 168 Å². The van der Waals surface area contributed by atoms with E-state index in [1.165, 1.54) is 7.11 Å². The van der Waals surface area contributed by atoms with E-state index in [9.17, 15) is 4.79 Å². The number of rotatable bonds is 7. The Kier molecular flexibility index (Phi) is 6.24. The molecule has 0 saturated heterocycles. The lowest BCUT2D eigenvalue weighted by atomic mass is 10.2. The zero-order chi connectivity index (χ0) is 19.9. The quantitative estimate of drug-likeness (QED) is 0.437. The summed E-state index contributed by atoms with van der Waals surface area (Å²) in [6, 6.07) is 16.3. The monoisotopic (exact) mass is 394 g/mol. The number of hydrogen-bond donors (Lipinski definition) is 2. The van der Waals surface area contributed by atoms with E-state index < -0.39 is 5.97 Å². The van der Waals surface area contributed by atoms with Crippen molar-refractivity contribution in [3.8, 4) is 11.4 Å². The molecule has 3 aromatic rings. The highest BCUT2D eigenvalue weighted by atomic mass is 35.5. The maximum Gasteiger partial charge on any atom is 0.337 e. The standard InChI is InChI=1S/C21H19ClN4O2/c1-3-11-23-18-13-19(26-20(25-18)14-7-5-4-6-8-14)24-17-12-15(21(27)28-2)9-10-16(17)22/h3-10,12-13H,1,11H2,2H3,(H2,23,24,25,26). The molecule has 0 fully saturated rings. The number of esters is 1. The number of benzene rings is 2. The van der Waals surface area contributed by atoms with Gasteiger partial charge < -0.3 is 15.4 Å². The number of carbonyl (C=O) groups is 1. The number of hydrogen-bond acceptors (Lipinski definition) is 6. The number of aromatic nitrogens is 2. The van der Waals surface area contributed by atoms with Gasteiger partial charge in [-0.05, 0) is 18.2 Å². The van der Waals surface area contributed by atoms with Crippen LogP contribution in [0.5, 0.6) is 0 Å². The van der Waals surface area contributed by atoms with Crippen LogP contribution >= 0.6 is 11.6 Å². The molecule has 0 aliphatic rings. The van der Waals surface area contributed by atoms with Crippen LogP contribution in [0.4, 0.5) is 17.3 Å². The average molecular weight is 395 g/mol. The molecule has 0 aliphatic heterocycles. The molecule has 1 aromatic heterocycles. The smallest absolute Gasteiger partial charge is 0.337 e. The summed E-state index contributed by atoms with van der Waals surface area (Å²) in [6.07, 6.45) is 1.74. The number of carbonyl (C=O) groups excluding carboxylic acids is 1. The van der Waals surface area contributed by atoms with Gasteiger partial charge in [-0.15, -0.1) is 6.58 Å². The zero-order valence-electron chi connectivity index (χ0n) is 15.3. The zero-order valence-corrected chi connectivity index (χ0v) is 16.0. The molecule has 0 bridgehead atoms. The number of nitrogens with one attached hydrogen (secondary N) is 2. The molecule has 0 spiro atoms. The van der Waals surface area contributed by atoms with Crippen molar-refractivity contribution in [3.63, 3.8) is 0 Å². The number of methoxy groups -OCH3 is 1. The van der Waals surface area contributed by atoms with Crippen LogP contribution in [-0.2, 0) is 4.74 Å². The molecule has 0 saturated carbocycles. The van der Waals surface area contributed by atoms with Crippen molar-refractivity contribution >= 4 is 34.9 Å². The first-order valence-corrected chi connectivity index (χ1v) is 8.92. The molecule has 3 rings (SSSR count). The van der Waals surface area contributed by atoms with Crippen LogP contribution in [0.2, 0.25) is 5.02 Å². The Morgan fingerprint density at radius 2 is 1.89 bits per heavy atom. The van der Waals surface area contributed by atoms with Crippen LogP contribution in [0.1, 0.15) is 10.4 Å². The molecule has 28 heavy (non-hydrogen) atoms. The molecule has 0 atom stereocenters. The maximum atomic E-state index is 11.8. The fourth-order valence-electron chi connectivity index (χ4n) is 2.50. The number of nitrogens with zero attached hydrogens (tertiary/aromatic N) is 2. The van der Waals surface area contributed by atoms with Gasteiger partial charge in [0.05, 0.1) is 23.4 Å². The molecule has 0 amide bonds. The summed E-state index contributed by atoms with van der Waals surface area (Å²) < 4.78 is 4.77. The predicted octanol–water partition coefficient (Wildman–Crippen LogP) is 4.93. The number of anilines is 3. The lowest BCUT2D eigenvalue weighted by Gasteiger charge is -2.12. The Bertz CT molecular complexity index is 993. The summed E-state index contributed by atoms with van der Waals surface area (Å²) in [7, 11) is 1.33. The second-order valence-electron chi connectivity index (χ2n) is 5.81. The summed E-state index contributed by atoms with van der Waals surface area (Å²) in [5, 5.41) is 6.78. The molecule has 0 unspecified atom stereocenters. The van der Waals surface area contributed by atoms with E-state index in [1.807, 2.05) is 30.3 Å². The summed E-state index contributed by atoms with van der Waals surface area (Å²) in [5.74, 6) is 1.28. The van der Waals surface area contributed by atoms with E-state index in [0.29, 0.717) is 40.3 Å². The Balaban J connectivity index is 1.99. The Morgan fingerprint density at radius 3 is 2.61 bits per heavy atom. The average Bonchev–Trinajstić information content (AvgIpc) is 2.73. The first-order chi connectivity index (χ1) is 13.6. The third kappa shape index (κ3) is 4.66. The van der Waals surface area contributed by atoms with Gasteiger partial charge >= 0.3 is 5.97 Å². The van der Waals surface area contributed by atoms with Gasteiger partial charge in [-0.3, -0.25) is 0 Å². The van der Waals surface area contributed by atoms with Crippen molar-refractivity contribution in [2.45, 2.75) is 0 Å². The molecular formula is C21H19ClN4O2. The van der Waals surface area contributed by atoms with Crippen LogP contribution < -0.4 is 10.6 Å². The first kappa shape index (κ1) is 19.4. The van der Waals surface area contributed by atoms with Gasteiger partial charge in [-0.2, -0.15) is 0 Å². The number of ether oxygens (including phenoxy) is 1. The van der Waals surface area contributed by atoms with E-state index >= 15 is 0 Å². The molecule has 2 N–H and O–H groups in total. The minimum Gasteiger partial charge on any atom is -0.465 e. The normalized spacial score (nSPS) is 10.2. The van der Waals surface area contributed by atoms with Gasteiger partial charge in [0, 0.05) is 18.2 Å². The molecule has 7 heteroatoms. The highest BCUT2D eigenvalue weighted by Gasteiger charge is 2.12. The van der Waals surface area contributed by atoms with Gasteiger partial charge in [0.1, 0.15) is 11.6 Å². The van der Waals surface area contributed by atoms with Crippen LogP contribution in [0.15, 0.2) is 67.3 Å². The lowest BCUT2D eigenvalue weighted by Crippen LogP contribution is -2.06. The largest absolute Gasteiger partial charge is 0.465 e. The van der Waals surface area contributed by atoms with Gasteiger partial charge in [0.2, 0.25) is 0 Å². The summed E-state index contributed by atoms with van der Waals surface area (Å²) in [4.78, 5) is 20.9. The molecule has 1 heterocycles. The SMILES string of the molecule is C=CCNc1cc(Nc2cc(C(=O)OC)ccc2Cl)nc(-c2ccccc2)n1. The molecule has 0 radical (unpaired) electrons. The van der Waals surface area contributed by atoms with Gasteiger partial charge in [0.25, 0.3) is 0 Å². The topological polar surface area (TPSA) is 76.1 Å². The van der Waals surface area contributed by atoms with Gasteiger partial charge in [0.15, 0.2) is 5.82 Å². The van der Waals surface area contributed by atoms with Crippen LogP contribution in [0.3, 0.4) is 0 Å². The van der Waals surface area contributed by atoms with Crippen molar-refractivity contribution in [2.24, 2.45) is 0 Å². The van der Waals surface area contributed by atoms with Crippen molar-refractivity contribution in [1.29, 1.82) is 0 Å². The fourth-order valence-corrected chi connectivity index (χ4v) is 2.66. The molecule has 2 aromatic carbocycles. The van der Waals surface area contributed by atoms with Crippen molar-refractivity contribution in [3.05, 3.63) is 77.8 Å². The van der Waals surface area contributed by atoms with E-state index in [2.05, 4.69) is 27.2 Å². The second kappa shape index (κ2) is 9.01. The van der Waals surface area contributed by atoms with Crippen LogP contribution in [0, 0.1) is 0 Å². The third-order valence-electron chi connectivity index (χ3n) is 3.84. The Morgan fingerprint density at radius 1 is 1.14 bits per heavy atom. The molecule has 6 nitrogen and oxygen atoms in total. The van der Waals surface area contributed by atoms with E-state index in [1.54, 1.807) is 30.3 Å². The maximum absolute atomic E-state index is 11.8. The van der Waals surface area contributed by atoms with Crippen LogP contribution in [-0.4, -0.2) is 29.6 Å². The first-order valence-electron chi connectivity index (χ1n) is 8.55. The molecular weight excluding hydrogens is 376 g/mol. The summed E-state index contributed by atoms with van der Waals surface area (Å²) >= 11 is 6.29. The van der Waals surface area contributed by atoms with E-state index in [0.717, 1.165) is 5.56 Å². The second-order valence-corrected chi connectivity index (χ2v) is 6.22. The summed E-state index contributed by atoms with van der Waals surface area (Å²) in [5.41, 5.74) is 1.80. The van der Waals surface area contributed by atoms with E-state index in [-0.39, 0.29) is 0 Å². The lowest BCUT2D eigenvalue weighted by molar-refractivity contribution is 0.0601. The van der Waals surface area contributed by atoms with Crippen molar-refractivity contribution in [1.82, 2.24) is 9.97 Å². The predicted molar refractivity (Wildman–Crippen MR) is 112 cm³/mol. The fraction of sp³-hybridized carbons (Fsp3) is 0.0952. The summed E-state index contributed by atoms with van der Waals surface area (Å²) in [6.45, 7) is 4.27. The third-order valence-corrected chi connectivity index (χ3v) is 4.17. The molecule has 142 valence electrons. The van der Waals surface area contributed by atoms with Crippen molar-refractivity contribution < 1.29 is 9.53 Å². The van der Waals surface area contributed by atoms with Crippen molar-refractivity contribution in [2.75, 3.05) is 24.3 Å². The van der Waals surface area contributed by atoms with Gasteiger partial charge in [-0.25, -0.2) is 14.8 Å². The Hall–Kier alpha value is -3.38. The highest BCUT2D eigenvalue weighted by molar-refractivity contribution is 6.33. The van der Waals surface area contributed by atoms with Crippen LogP contribution in [0.25, 0.3) is 11.4 Å². The van der Waals surface area contributed by atoms with Gasteiger partial charge in [-0.1, -0.05) is 48.0 Å². The highest BCUT2D eigenvalue weighted by Crippen LogP contribution is 2.28. The minimum absolute atomic E-state index is 0.386. The molecule has 0 aliphatic carbocycles.